The topological polar surface area (TPSA) is 90.7 Å². The van der Waals surface area contributed by atoms with Gasteiger partial charge in [0, 0.05) is 18.9 Å². The van der Waals surface area contributed by atoms with Crippen LogP contribution in [0.4, 0.5) is 5.69 Å². The maximum atomic E-state index is 12.3. The zero-order valence-electron chi connectivity index (χ0n) is 13.4. The van der Waals surface area contributed by atoms with E-state index in [1.54, 1.807) is 25.1 Å². The first kappa shape index (κ1) is 17.4. The van der Waals surface area contributed by atoms with Crippen molar-refractivity contribution in [2.75, 3.05) is 25.1 Å². The Morgan fingerprint density at radius 3 is 2.83 bits per heavy atom. The van der Waals surface area contributed by atoms with E-state index < -0.39 is 6.04 Å². The molecule has 1 unspecified atom stereocenters. The van der Waals surface area contributed by atoms with E-state index in [0.29, 0.717) is 25.5 Å². The number of rotatable bonds is 6. The number of hydrogen-bond acceptors (Lipinski definition) is 5. The number of carbonyl (C=O) groups is 2. The Hall–Kier alpha value is -1.92. The summed E-state index contributed by atoms with van der Waals surface area (Å²) in [6.07, 6.45) is 1.79. The summed E-state index contributed by atoms with van der Waals surface area (Å²) >= 11 is 0. The number of anilines is 1. The molecule has 6 heteroatoms. The summed E-state index contributed by atoms with van der Waals surface area (Å²) < 4.78 is 10.2. The van der Waals surface area contributed by atoms with Crippen LogP contribution >= 0.6 is 0 Å². The van der Waals surface area contributed by atoms with Gasteiger partial charge < -0.3 is 20.5 Å². The molecule has 0 aromatic heterocycles. The van der Waals surface area contributed by atoms with Crippen molar-refractivity contribution < 1.29 is 19.1 Å². The molecule has 6 nitrogen and oxygen atoms in total. The monoisotopic (exact) mass is 320 g/mol. The van der Waals surface area contributed by atoms with Gasteiger partial charge in [-0.05, 0) is 43.4 Å². The van der Waals surface area contributed by atoms with Gasteiger partial charge >= 0.3 is 5.97 Å². The van der Waals surface area contributed by atoms with Crippen LogP contribution in [0.3, 0.4) is 0 Å². The molecule has 1 aromatic rings. The second-order valence-electron chi connectivity index (χ2n) is 5.65. The highest BCUT2D eigenvalue weighted by molar-refractivity contribution is 5.95. The molecule has 1 atom stereocenters. The zero-order valence-corrected chi connectivity index (χ0v) is 13.4. The molecule has 0 spiro atoms. The van der Waals surface area contributed by atoms with Crippen LogP contribution in [0.15, 0.2) is 24.3 Å². The lowest BCUT2D eigenvalue weighted by Gasteiger charge is -2.26. The van der Waals surface area contributed by atoms with Crippen molar-refractivity contribution in [2.24, 2.45) is 11.7 Å². The highest BCUT2D eigenvalue weighted by Crippen LogP contribution is 2.19. The fraction of sp³-hybridized carbons (Fsp3) is 0.529. The Kier molecular flexibility index (Phi) is 6.55. The van der Waals surface area contributed by atoms with E-state index in [1.165, 1.54) is 0 Å². The van der Waals surface area contributed by atoms with Crippen molar-refractivity contribution in [3.05, 3.63) is 29.8 Å². The maximum absolute atomic E-state index is 12.3. The second-order valence-corrected chi connectivity index (χ2v) is 5.65. The lowest BCUT2D eigenvalue weighted by molar-refractivity contribution is -0.142. The minimum atomic E-state index is -0.549. The average molecular weight is 320 g/mol. The third-order valence-corrected chi connectivity index (χ3v) is 3.92. The van der Waals surface area contributed by atoms with E-state index in [2.05, 4.69) is 5.32 Å². The summed E-state index contributed by atoms with van der Waals surface area (Å²) in [6.45, 7) is 3.43. The summed E-state index contributed by atoms with van der Waals surface area (Å²) in [4.78, 5) is 23.8. The van der Waals surface area contributed by atoms with E-state index in [4.69, 9.17) is 15.2 Å². The SMILES string of the molecule is CCOC(=O)Cc1cccc(NC(=O)C(N)C2CCOCC2)c1. The van der Waals surface area contributed by atoms with Crippen molar-refractivity contribution >= 4 is 17.6 Å². The van der Waals surface area contributed by atoms with Crippen molar-refractivity contribution in [2.45, 2.75) is 32.2 Å². The first-order valence-corrected chi connectivity index (χ1v) is 7.99. The number of nitrogens with one attached hydrogen (secondary N) is 1. The average Bonchev–Trinajstić information content (AvgIpc) is 2.55. The van der Waals surface area contributed by atoms with Crippen molar-refractivity contribution in [1.29, 1.82) is 0 Å². The van der Waals surface area contributed by atoms with E-state index in [9.17, 15) is 9.59 Å². The van der Waals surface area contributed by atoms with Crippen LogP contribution in [0.25, 0.3) is 0 Å². The summed E-state index contributed by atoms with van der Waals surface area (Å²) in [5.41, 5.74) is 7.49. The minimum Gasteiger partial charge on any atom is -0.466 e. The smallest absolute Gasteiger partial charge is 0.310 e. The quantitative estimate of drug-likeness (QED) is 0.775. The number of benzene rings is 1. The fourth-order valence-corrected chi connectivity index (χ4v) is 2.65. The Morgan fingerprint density at radius 1 is 1.39 bits per heavy atom. The Balaban J connectivity index is 1.93. The molecule has 1 amide bonds. The predicted octanol–water partition coefficient (Wildman–Crippen LogP) is 1.48. The molecule has 0 saturated carbocycles. The van der Waals surface area contributed by atoms with Gasteiger partial charge in [-0.25, -0.2) is 0 Å². The molecule has 0 radical (unpaired) electrons. The Bertz CT molecular complexity index is 541. The lowest BCUT2D eigenvalue weighted by atomic mass is 9.92. The first-order chi connectivity index (χ1) is 11.1. The minimum absolute atomic E-state index is 0.145. The summed E-state index contributed by atoms with van der Waals surface area (Å²) in [6, 6.07) is 6.62. The number of esters is 1. The number of nitrogens with two attached hydrogens (primary N) is 1. The van der Waals surface area contributed by atoms with Crippen molar-refractivity contribution in [3.8, 4) is 0 Å². The largest absolute Gasteiger partial charge is 0.466 e. The second kappa shape index (κ2) is 8.64. The molecule has 1 saturated heterocycles. The van der Waals surface area contributed by atoms with Gasteiger partial charge in [-0.15, -0.1) is 0 Å². The number of carbonyl (C=O) groups excluding carboxylic acids is 2. The number of hydrogen-bond donors (Lipinski definition) is 2. The molecule has 0 bridgehead atoms. The van der Waals surface area contributed by atoms with Crippen LogP contribution < -0.4 is 11.1 Å². The number of ether oxygens (including phenoxy) is 2. The van der Waals surface area contributed by atoms with Gasteiger partial charge in [0.25, 0.3) is 0 Å². The van der Waals surface area contributed by atoms with Crippen LogP contribution in [0, 0.1) is 5.92 Å². The van der Waals surface area contributed by atoms with Crippen LogP contribution in [-0.2, 0) is 25.5 Å². The van der Waals surface area contributed by atoms with Crippen molar-refractivity contribution in [1.82, 2.24) is 0 Å². The maximum Gasteiger partial charge on any atom is 0.310 e. The van der Waals surface area contributed by atoms with Gasteiger partial charge in [0.15, 0.2) is 0 Å². The van der Waals surface area contributed by atoms with Gasteiger partial charge in [-0.3, -0.25) is 9.59 Å². The highest BCUT2D eigenvalue weighted by atomic mass is 16.5. The molecule has 3 N–H and O–H groups in total. The highest BCUT2D eigenvalue weighted by Gasteiger charge is 2.26. The van der Waals surface area contributed by atoms with Gasteiger partial charge in [0.1, 0.15) is 0 Å². The van der Waals surface area contributed by atoms with E-state index in [1.807, 2.05) is 6.07 Å². The van der Waals surface area contributed by atoms with Crippen LogP contribution in [0.2, 0.25) is 0 Å². The van der Waals surface area contributed by atoms with Gasteiger partial charge in [0.05, 0.1) is 19.1 Å². The van der Waals surface area contributed by atoms with E-state index in [0.717, 1.165) is 18.4 Å². The van der Waals surface area contributed by atoms with Crippen LogP contribution in [0.5, 0.6) is 0 Å². The normalized spacial score (nSPS) is 16.6. The standard InChI is InChI=1S/C17H24N2O4/c1-2-23-15(20)11-12-4-3-5-14(10-12)19-17(21)16(18)13-6-8-22-9-7-13/h3-5,10,13,16H,2,6-9,11,18H2,1H3,(H,19,21). The molecular weight excluding hydrogens is 296 g/mol. The van der Waals surface area contributed by atoms with Gasteiger partial charge in [0.2, 0.25) is 5.91 Å². The van der Waals surface area contributed by atoms with Crippen molar-refractivity contribution in [3.63, 3.8) is 0 Å². The van der Waals surface area contributed by atoms with E-state index in [-0.39, 0.29) is 24.2 Å². The number of amides is 1. The predicted molar refractivity (Wildman–Crippen MR) is 86.9 cm³/mol. The Labute approximate surface area is 136 Å². The molecule has 1 aliphatic rings. The summed E-state index contributed by atoms with van der Waals surface area (Å²) in [7, 11) is 0. The third-order valence-electron chi connectivity index (χ3n) is 3.92. The lowest BCUT2D eigenvalue weighted by Crippen LogP contribution is -2.44. The molecule has 126 valence electrons. The van der Waals surface area contributed by atoms with Crippen LogP contribution in [0.1, 0.15) is 25.3 Å². The summed E-state index contributed by atoms with van der Waals surface area (Å²) in [5, 5.41) is 2.83. The molecule has 0 aliphatic carbocycles. The third kappa shape index (κ3) is 5.33. The molecule has 1 aliphatic heterocycles. The molecular formula is C17H24N2O4. The fourth-order valence-electron chi connectivity index (χ4n) is 2.65. The van der Waals surface area contributed by atoms with E-state index >= 15 is 0 Å². The molecule has 23 heavy (non-hydrogen) atoms. The molecule has 1 heterocycles. The van der Waals surface area contributed by atoms with Gasteiger partial charge in [-0.1, -0.05) is 12.1 Å². The first-order valence-electron chi connectivity index (χ1n) is 7.99. The summed E-state index contributed by atoms with van der Waals surface area (Å²) in [5.74, 6) is -0.341. The van der Waals surface area contributed by atoms with Crippen LogP contribution in [-0.4, -0.2) is 37.7 Å². The molecule has 1 fully saturated rings. The molecule has 2 rings (SSSR count). The zero-order chi connectivity index (χ0) is 16.7. The Morgan fingerprint density at radius 2 is 2.13 bits per heavy atom. The molecule has 1 aromatic carbocycles. The van der Waals surface area contributed by atoms with Gasteiger partial charge in [-0.2, -0.15) is 0 Å².